The van der Waals surface area contributed by atoms with Crippen LogP contribution in [0.15, 0.2) is 10.9 Å². The maximum absolute atomic E-state index is 11.6. The standard InChI is InChI=1S/C13H19N3O3/c1-8(13(18)19-3)7-16(2)10-6-11(17)15-12(14-10)9-4-5-9/h6,8-9H,4-5,7H2,1-3H3,(H,14,15,17). The van der Waals surface area contributed by atoms with Crippen LogP contribution in [0.3, 0.4) is 0 Å². The number of carbonyl (C=O) groups is 1. The molecule has 1 aromatic rings. The summed E-state index contributed by atoms with van der Waals surface area (Å²) in [5, 5.41) is 0. The van der Waals surface area contributed by atoms with Crippen LogP contribution in [0.5, 0.6) is 0 Å². The van der Waals surface area contributed by atoms with Crippen LogP contribution in [-0.4, -0.2) is 36.6 Å². The van der Waals surface area contributed by atoms with Crippen molar-refractivity contribution in [3.05, 3.63) is 22.2 Å². The number of nitrogens with zero attached hydrogens (tertiary/aromatic N) is 2. The fourth-order valence-electron chi connectivity index (χ4n) is 1.99. The number of hydrogen-bond acceptors (Lipinski definition) is 5. The van der Waals surface area contributed by atoms with E-state index in [0.29, 0.717) is 18.3 Å². The van der Waals surface area contributed by atoms with E-state index in [1.165, 1.54) is 13.2 Å². The first-order valence-corrected chi connectivity index (χ1v) is 6.41. The van der Waals surface area contributed by atoms with Crippen molar-refractivity contribution in [3.63, 3.8) is 0 Å². The Balaban J connectivity index is 2.12. The topological polar surface area (TPSA) is 75.3 Å². The molecule has 1 unspecified atom stereocenters. The summed E-state index contributed by atoms with van der Waals surface area (Å²) in [6.45, 7) is 2.25. The second-order valence-electron chi connectivity index (χ2n) is 5.07. The van der Waals surface area contributed by atoms with Crippen molar-refractivity contribution < 1.29 is 9.53 Å². The molecule has 1 aliphatic rings. The lowest BCUT2D eigenvalue weighted by molar-refractivity contribution is -0.144. The number of rotatable bonds is 5. The molecule has 0 aromatic carbocycles. The fraction of sp³-hybridized carbons (Fsp3) is 0.615. The summed E-state index contributed by atoms with van der Waals surface area (Å²) >= 11 is 0. The smallest absolute Gasteiger partial charge is 0.310 e. The van der Waals surface area contributed by atoms with Gasteiger partial charge in [0, 0.05) is 25.6 Å². The maximum atomic E-state index is 11.6. The fourth-order valence-corrected chi connectivity index (χ4v) is 1.99. The second kappa shape index (κ2) is 5.42. The van der Waals surface area contributed by atoms with Crippen LogP contribution in [0.2, 0.25) is 0 Å². The number of carbonyl (C=O) groups excluding carboxylic acids is 1. The number of methoxy groups -OCH3 is 1. The van der Waals surface area contributed by atoms with Gasteiger partial charge in [0.15, 0.2) is 0 Å². The van der Waals surface area contributed by atoms with Gasteiger partial charge < -0.3 is 14.6 Å². The lowest BCUT2D eigenvalue weighted by Crippen LogP contribution is -2.31. The quantitative estimate of drug-likeness (QED) is 0.800. The Morgan fingerprint density at radius 1 is 1.63 bits per heavy atom. The highest BCUT2D eigenvalue weighted by Gasteiger charge is 2.27. The molecule has 19 heavy (non-hydrogen) atoms. The third-order valence-electron chi connectivity index (χ3n) is 3.25. The van der Waals surface area contributed by atoms with Crippen LogP contribution in [0.25, 0.3) is 0 Å². The van der Waals surface area contributed by atoms with Crippen LogP contribution in [0, 0.1) is 5.92 Å². The molecule has 0 spiro atoms. The zero-order chi connectivity index (χ0) is 14.0. The average molecular weight is 265 g/mol. The van der Waals surface area contributed by atoms with Gasteiger partial charge in [-0.15, -0.1) is 0 Å². The molecule has 1 saturated carbocycles. The van der Waals surface area contributed by atoms with Crippen LogP contribution >= 0.6 is 0 Å². The molecule has 1 fully saturated rings. The number of H-pyrrole nitrogens is 1. The van der Waals surface area contributed by atoms with E-state index in [4.69, 9.17) is 4.74 Å². The first kappa shape index (κ1) is 13.6. The molecule has 1 atom stereocenters. The summed E-state index contributed by atoms with van der Waals surface area (Å²) in [7, 11) is 3.19. The molecule has 0 radical (unpaired) electrons. The Hall–Kier alpha value is -1.85. The summed E-state index contributed by atoms with van der Waals surface area (Å²) in [4.78, 5) is 32.0. The van der Waals surface area contributed by atoms with Crippen molar-refractivity contribution in [3.8, 4) is 0 Å². The average Bonchev–Trinajstić information content (AvgIpc) is 3.21. The normalized spacial score (nSPS) is 15.9. The van der Waals surface area contributed by atoms with Crippen molar-refractivity contribution >= 4 is 11.8 Å². The molecule has 6 heteroatoms. The van der Waals surface area contributed by atoms with E-state index in [2.05, 4.69) is 9.97 Å². The lowest BCUT2D eigenvalue weighted by Gasteiger charge is -2.21. The van der Waals surface area contributed by atoms with Gasteiger partial charge in [0.1, 0.15) is 11.6 Å². The number of aromatic amines is 1. The van der Waals surface area contributed by atoms with Crippen LogP contribution in [-0.2, 0) is 9.53 Å². The summed E-state index contributed by atoms with van der Waals surface area (Å²) < 4.78 is 4.69. The molecular formula is C13H19N3O3. The monoisotopic (exact) mass is 265 g/mol. The molecule has 2 rings (SSSR count). The molecule has 0 saturated heterocycles. The summed E-state index contributed by atoms with van der Waals surface area (Å²) in [5.74, 6) is 1.21. The number of anilines is 1. The molecule has 0 amide bonds. The van der Waals surface area contributed by atoms with Crippen molar-refractivity contribution in [1.29, 1.82) is 0 Å². The molecular weight excluding hydrogens is 246 g/mol. The van der Waals surface area contributed by atoms with Crippen molar-refractivity contribution in [2.24, 2.45) is 5.92 Å². The van der Waals surface area contributed by atoms with Gasteiger partial charge in [0.25, 0.3) is 5.56 Å². The minimum absolute atomic E-state index is 0.149. The molecule has 1 aromatic heterocycles. The van der Waals surface area contributed by atoms with Crippen molar-refractivity contribution in [1.82, 2.24) is 9.97 Å². The molecule has 1 heterocycles. The molecule has 1 N–H and O–H groups in total. The van der Waals surface area contributed by atoms with Gasteiger partial charge in [-0.25, -0.2) is 4.98 Å². The summed E-state index contributed by atoms with van der Waals surface area (Å²) in [6.07, 6.45) is 2.16. The second-order valence-corrected chi connectivity index (χ2v) is 5.07. The van der Waals surface area contributed by atoms with E-state index in [1.807, 2.05) is 11.9 Å². The highest BCUT2D eigenvalue weighted by atomic mass is 16.5. The van der Waals surface area contributed by atoms with Crippen LogP contribution in [0.1, 0.15) is 31.5 Å². The predicted octanol–water partition coefficient (Wildman–Crippen LogP) is 0.893. The Labute approximate surface area is 111 Å². The minimum Gasteiger partial charge on any atom is -0.469 e. The highest BCUT2D eigenvalue weighted by molar-refractivity contribution is 5.72. The zero-order valence-corrected chi connectivity index (χ0v) is 11.5. The molecule has 0 aliphatic heterocycles. The van der Waals surface area contributed by atoms with Gasteiger partial charge in [-0.1, -0.05) is 6.92 Å². The van der Waals surface area contributed by atoms with E-state index >= 15 is 0 Å². The van der Waals surface area contributed by atoms with Gasteiger partial charge in [-0.2, -0.15) is 0 Å². The predicted molar refractivity (Wildman–Crippen MR) is 71.3 cm³/mol. The SMILES string of the molecule is COC(=O)C(C)CN(C)c1cc(=O)[nH]c(C2CC2)n1. The van der Waals surface area contributed by atoms with Gasteiger partial charge in [-0.3, -0.25) is 9.59 Å². The number of hydrogen-bond donors (Lipinski definition) is 1. The zero-order valence-electron chi connectivity index (χ0n) is 11.5. The third-order valence-corrected chi connectivity index (χ3v) is 3.25. The Bertz CT molecular complexity index is 522. The summed E-state index contributed by atoms with van der Waals surface area (Å²) in [5.41, 5.74) is -0.149. The molecule has 1 aliphatic carbocycles. The van der Waals surface area contributed by atoms with Crippen LogP contribution in [0.4, 0.5) is 5.82 Å². The number of aromatic nitrogens is 2. The summed E-state index contributed by atoms with van der Waals surface area (Å²) in [6, 6.07) is 1.45. The van der Waals surface area contributed by atoms with E-state index in [0.717, 1.165) is 18.7 Å². The molecule has 6 nitrogen and oxygen atoms in total. The maximum Gasteiger partial charge on any atom is 0.310 e. The van der Waals surface area contributed by atoms with Gasteiger partial charge in [-0.05, 0) is 12.8 Å². The number of esters is 1. The number of ether oxygens (including phenoxy) is 1. The van der Waals surface area contributed by atoms with E-state index in [1.54, 1.807) is 6.92 Å². The van der Waals surface area contributed by atoms with Gasteiger partial charge in [0.05, 0.1) is 13.0 Å². The van der Waals surface area contributed by atoms with Crippen molar-refractivity contribution in [2.75, 3.05) is 25.6 Å². The first-order chi connectivity index (χ1) is 9.01. The number of nitrogens with one attached hydrogen (secondary N) is 1. The third kappa shape index (κ3) is 3.33. The molecule has 104 valence electrons. The Morgan fingerprint density at radius 2 is 2.32 bits per heavy atom. The van der Waals surface area contributed by atoms with Gasteiger partial charge in [0.2, 0.25) is 0 Å². The van der Waals surface area contributed by atoms with E-state index in [-0.39, 0.29) is 17.4 Å². The van der Waals surface area contributed by atoms with Crippen molar-refractivity contribution in [2.45, 2.75) is 25.7 Å². The first-order valence-electron chi connectivity index (χ1n) is 6.41. The van der Waals surface area contributed by atoms with Gasteiger partial charge >= 0.3 is 5.97 Å². The van der Waals surface area contributed by atoms with E-state index < -0.39 is 0 Å². The highest BCUT2D eigenvalue weighted by Crippen LogP contribution is 2.37. The Morgan fingerprint density at radius 3 is 2.89 bits per heavy atom. The Kier molecular flexibility index (Phi) is 3.87. The van der Waals surface area contributed by atoms with E-state index in [9.17, 15) is 9.59 Å². The minimum atomic E-state index is -0.265. The molecule has 0 bridgehead atoms. The van der Waals surface area contributed by atoms with Crippen LogP contribution < -0.4 is 10.5 Å². The largest absolute Gasteiger partial charge is 0.469 e. The lowest BCUT2D eigenvalue weighted by atomic mass is 10.2.